The molecule has 6 heteroatoms. The molecule has 130 valence electrons. The van der Waals surface area contributed by atoms with Crippen molar-refractivity contribution in [1.29, 1.82) is 0 Å². The van der Waals surface area contributed by atoms with Crippen LogP contribution in [0.15, 0.2) is 52.1 Å². The van der Waals surface area contributed by atoms with Gasteiger partial charge in [-0.1, -0.05) is 12.1 Å². The minimum Gasteiger partial charge on any atom is -0.469 e. The molecule has 1 aromatic heterocycles. The van der Waals surface area contributed by atoms with Gasteiger partial charge in [0.15, 0.2) is 5.96 Å². The average Bonchev–Trinajstić information content (AvgIpc) is 3.07. The number of nitrogens with one attached hydrogen (secondary N) is 1. The van der Waals surface area contributed by atoms with Gasteiger partial charge in [0.05, 0.1) is 19.4 Å². The van der Waals surface area contributed by atoms with Crippen molar-refractivity contribution in [1.82, 2.24) is 10.2 Å². The molecule has 1 heterocycles. The highest BCUT2D eigenvalue weighted by Crippen LogP contribution is 2.07. The van der Waals surface area contributed by atoms with E-state index in [1.807, 2.05) is 30.1 Å². The zero-order valence-corrected chi connectivity index (χ0v) is 14.2. The first-order chi connectivity index (χ1) is 11.7. The van der Waals surface area contributed by atoms with Crippen molar-refractivity contribution in [2.24, 2.45) is 4.99 Å². The highest BCUT2D eigenvalue weighted by Gasteiger charge is 2.08. The Morgan fingerprint density at radius 3 is 2.92 bits per heavy atom. The van der Waals surface area contributed by atoms with Crippen LogP contribution in [0.25, 0.3) is 0 Å². The Labute approximate surface area is 142 Å². The van der Waals surface area contributed by atoms with Crippen molar-refractivity contribution in [3.8, 4) is 0 Å². The molecular formula is C18H24FN3O2. The Hall–Kier alpha value is -2.34. The first-order valence-corrected chi connectivity index (χ1v) is 7.94. The van der Waals surface area contributed by atoms with E-state index < -0.39 is 0 Å². The van der Waals surface area contributed by atoms with Gasteiger partial charge in [0, 0.05) is 33.7 Å². The van der Waals surface area contributed by atoms with E-state index in [1.54, 1.807) is 19.4 Å². The minimum absolute atomic E-state index is 0.232. The molecule has 2 rings (SSSR count). The van der Waals surface area contributed by atoms with Crippen LogP contribution in [0.4, 0.5) is 4.39 Å². The fourth-order valence-corrected chi connectivity index (χ4v) is 2.29. The number of halogens is 1. The predicted octanol–water partition coefficient (Wildman–Crippen LogP) is 2.69. The van der Waals surface area contributed by atoms with Crippen molar-refractivity contribution in [2.75, 3.05) is 33.9 Å². The van der Waals surface area contributed by atoms with Gasteiger partial charge < -0.3 is 19.4 Å². The van der Waals surface area contributed by atoms with E-state index in [0.717, 1.165) is 23.7 Å². The van der Waals surface area contributed by atoms with Gasteiger partial charge in [0.2, 0.25) is 0 Å². The first kappa shape index (κ1) is 18.0. The number of furan rings is 1. The molecule has 1 aromatic carbocycles. The third-order valence-corrected chi connectivity index (χ3v) is 3.46. The molecule has 0 saturated heterocycles. The number of hydrogen-bond acceptors (Lipinski definition) is 3. The molecule has 0 aliphatic rings. The molecule has 0 spiro atoms. The van der Waals surface area contributed by atoms with E-state index in [2.05, 4.69) is 10.3 Å². The summed E-state index contributed by atoms with van der Waals surface area (Å²) in [6.45, 7) is 2.38. The van der Waals surface area contributed by atoms with Gasteiger partial charge in [-0.2, -0.15) is 0 Å². The van der Waals surface area contributed by atoms with Crippen LogP contribution in [0.2, 0.25) is 0 Å². The molecule has 0 radical (unpaired) electrons. The van der Waals surface area contributed by atoms with Crippen molar-refractivity contribution >= 4 is 5.96 Å². The van der Waals surface area contributed by atoms with Crippen LogP contribution in [0.5, 0.6) is 0 Å². The van der Waals surface area contributed by atoms with Crippen molar-refractivity contribution in [2.45, 2.75) is 13.0 Å². The molecule has 24 heavy (non-hydrogen) atoms. The second-order valence-electron chi connectivity index (χ2n) is 5.44. The van der Waals surface area contributed by atoms with Gasteiger partial charge in [-0.05, 0) is 29.8 Å². The van der Waals surface area contributed by atoms with E-state index in [9.17, 15) is 4.39 Å². The zero-order chi connectivity index (χ0) is 17.2. The molecule has 2 aromatic rings. The summed E-state index contributed by atoms with van der Waals surface area (Å²) in [7, 11) is 3.58. The van der Waals surface area contributed by atoms with Gasteiger partial charge in [-0.15, -0.1) is 0 Å². The molecule has 0 fully saturated rings. The number of benzene rings is 1. The van der Waals surface area contributed by atoms with Gasteiger partial charge in [-0.3, -0.25) is 4.99 Å². The maximum atomic E-state index is 13.3. The molecular weight excluding hydrogens is 309 g/mol. The van der Waals surface area contributed by atoms with Crippen molar-refractivity contribution in [3.05, 3.63) is 59.8 Å². The Kier molecular flexibility index (Phi) is 7.29. The van der Waals surface area contributed by atoms with Crippen LogP contribution < -0.4 is 5.32 Å². The van der Waals surface area contributed by atoms with E-state index in [4.69, 9.17) is 9.15 Å². The van der Waals surface area contributed by atoms with Crippen LogP contribution in [-0.2, 0) is 17.7 Å². The average molecular weight is 333 g/mol. The molecule has 1 N–H and O–H groups in total. The molecule has 0 atom stereocenters. The summed E-state index contributed by atoms with van der Waals surface area (Å²) in [6, 6.07) is 10.4. The highest BCUT2D eigenvalue weighted by atomic mass is 19.1. The maximum Gasteiger partial charge on any atom is 0.194 e. The molecule has 0 aliphatic heterocycles. The molecule has 0 unspecified atom stereocenters. The smallest absolute Gasteiger partial charge is 0.194 e. The molecule has 5 nitrogen and oxygen atoms in total. The quantitative estimate of drug-likeness (QED) is 0.458. The second kappa shape index (κ2) is 9.72. The lowest BCUT2D eigenvalue weighted by Gasteiger charge is -2.22. The number of methoxy groups -OCH3 is 1. The SMILES string of the molecule is COCCN=C(NCCc1ccco1)N(C)Cc1cccc(F)c1. The topological polar surface area (TPSA) is 50.0 Å². The molecule has 0 bridgehead atoms. The number of guanidine groups is 1. The minimum atomic E-state index is -0.232. The van der Waals surface area contributed by atoms with Crippen LogP contribution in [0.3, 0.4) is 0 Å². The van der Waals surface area contributed by atoms with E-state index in [0.29, 0.717) is 26.2 Å². The third kappa shape index (κ3) is 6.04. The lowest BCUT2D eigenvalue weighted by atomic mass is 10.2. The number of rotatable bonds is 8. The number of ether oxygens (including phenoxy) is 1. The van der Waals surface area contributed by atoms with E-state index in [1.165, 1.54) is 12.1 Å². The monoisotopic (exact) mass is 333 g/mol. The van der Waals surface area contributed by atoms with Crippen LogP contribution in [0.1, 0.15) is 11.3 Å². The van der Waals surface area contributed by atoms with Gasteiger partial charge in [-0.25, -0.2) is 4.39 Å². The van der Waals surface area contributed by atoms with Crippen LogP contribution in [-0.4, -0.2) is 44.7 Å². The van der Waals surface area contributed by atoms with E-state index in [-0.39, 0.29) is 5.82 Å². The Morgan fingerprint density at radius 1 is 1.33 bits per heavy atom. The summed E-state index contributed by atoms with van der Waals surface area (Å²) in [4.78, 5) is 6.50. The lowest BCUT2D eigenvalue weighted by molar-refractivity contribution is 0.207. The fourth-order valence-electron chi connectivity index (χ4n) is 2.29. The molecule has 0 amide bonds. The molecule has 0 saturated carbocycles. The summed E-state index contributed by atoms with van der Waals surface area (Å²) < 4.78 is 23.7. The van der Waals surface area contributed by atoms with Gasteiger partial charge >= 0.3 is 0 Å². The summed E-state index contributed by atoms with van der Waals surface area (Å²) in [6.07, 6.45) is 2.43. The lowest BCUT2D eigenvalue weighted by Crippen LogP contribution is -2.39. The van der Waals surface area contributed by atoms with Crippen LogP contribution in [0, 0.1) is 5.82 Å². The Morgan fingerprint density at radius 2 is 2.21 bits per heavy atom. The first-order valence-electron chi connectivity index (χ1n) is 7.94. The largest absolute Gasteiger partial charge is 0.469 e. The summed E-state index contributed by atoms with van der Waals surface area (Å²) in [5.74, 6) is 1.44. The number of hydrogen-bond donors (Lipinski definition) is 1. The molecule has 0 aliphatic carbocycles. The Bertz CT molecular complexity index is 629. The second-order valence-corrected chi connectivity index (χ2v) is 5.44. The predicted molar refractivity (Wildman–Crippen MR) is 92.5 cm³/mol. The fraction of sp³-hybridized carbons (Fsp3) is 0.389. The number of aliphatic imine (C=N–C) groups is 1. The standard InChI is InChI=1S/C18H24FN3O2/c1-22(14-15-5-3-6-16(19)13-15)18(21-10-12-23-2)20-9-8-17-7-4-11-24-17/h3-7,11,13H,8-10,12,14H2,1-2H3,(H,20,21). The van der Waals surface area contributed by atoms with Gasteiger partial charge in [0.1, 0.15) is 11.6 Å². The number of nitrogens with zero attached hydrogens (tertiary/aromatic N) is 2. The third-order valence-electron chi connectivity index (χ3n) is 3.46. The van der Waals surface area contributed by atoms with Crippen LogP contribution >= 0.6 is 0 Å². The van der Waals surface area contributed by atoms with Crippen molar-refractivity contribution in [3.63, 3.8) is 0 Å². The van der Waals surface area contributed by atoms with Gasteiger partial charge in [0.25, 0.3) is 0 Å². The Balaban J connectivity index is 1.94. The summed E-state index contributed by atoms with van der Waals surface area (Å²) >= 11 is 0. The highest BCUT2D eigenvalue weighted by molar-refractivity contribution is 5.79. The zero-order valence-electron chi connectivity index (χ0n) is 14.2. The summed E-state index contributed by atoms with van der Waals surface area (Å²) in [5.41, 5.74) is 0.893. The maximum absolute atomic E-state index is 13.3. The normalized spacial score (nSPS) is 11.5. The van der Waals surface area contributed by atoms with Crippen molar-refractivity contribution < 1.29 is 13.5 Å². The van der Waals surface area contributed by atoms with E-state index >= 15 is 0 Å². The summed E-state index contributed by atoms with van der Waals surface area (Å²) in [5, 5.41) is 3.32.